The van der Waals surface area contributed by atoms with Crippen LogP contribution < -0.4 is 5.73 Å². The molecule has 0 amide bonds. The first-order chi connectivity index (χ1) is 11.1. The van der Waals surface area contributed by atoms with Crippen LogP contribution in [-0.2, 0) is 27.4 Å². The molecular weight excluding hydrogens is 294 g/mol. The van der Waals surface area contributed by atoms with Gasteiger partial charge in [-0.2, -0.15) is 0 Å². The summed E-state index contributed by atoms with van der Waals surface area (Å²) in [5.41, 5.74) is 6.61. The third-order valence-electron chi connectivity index (χ3n) is 4.35. The number of carbonyl (C=O) groups excluding carboxylic acids is 1. The number of carbonyl (C=O) groups is 2. The summed E-state index contributed by atoms with van der Waals surface area (Å²) in [4.78, 5) is 24.5. The van der Waals surface area contributed by atoms with Gasteiger partial charge in [-0.3, -0.25) is 9.59 Å². The first-order valence-electron chi connectivity index (χ1n) is 7.33. The van der Waals surface area contributed by atoms with Crippen LogP contribution in [0.4, 0.5) is 0 Å². The van der Waals surface area contributed by atoms with Crippen LogP contribution in [-0.4, -0.2) is 17.0 Å². The number of hydrogen-bond donors (Lipinski definition) is 2. The quantitative estimate of drug-likeness (QED) is 0.666. The average molecular weight is 311 g/mol. The summed E-state index contributed by atoms with van der Waals surface area (Å²) in [5, 5.41) is 9.69. The summed E-state index contributed by atoms with van der Waals surface area (Å²) in [6.07, 6.45) is 0.0489. The van der Waals surface area contributed by atoms with Gasteiger partial charge in [0.05, 0.1) is 6.04 Å². The summed E-state index contributed by atoms with van der Waals surface area (Å²) >= 11 is 0. The minimum Gasteiger partial charge on any atom is -0.480 e. The Balaban J connectivity index is 1.85. The number of rotatable bonds is 4. The molecule has 0 fully saturated rings. The lowest BCUT2D eigenvalue weighted by Crippen LogP contribution is -2.47. The number of aliphatic carboxylic acids is 1. The van der Waals surface area contributed by atoms with Crippen molar-refractivity contribution in [2.75, 3.05) is 0 Å². The second kappa shape index (κ2) is 5.85. The lowest BCUT2D eigenvalue weighted by Gasteiger charge is -2.26. The first kappa shape index (κ1) is 15.2. The molecule has 0 aliphatic heterocycles. The van der Waals surface area contributed by atoms with Crippen LogP contribution >= 0.6 is 0 Å². The smallest absolute Gasteiger partial charge is 0.326 e. The minimum atomic E-state index is -1.77. The summed E-state index contributed by atoms with van der Waals surface area (Å²) in [6, 6.07) is 15.4. The zero-order chi connectivity index (χ0) is 16.4. The lowest BCUT2D eigenvalue weighted by atomic mass is 9.81. The molecule has 0 unspecified atom stereocenters. The SMILES string of the molecule is N[C@H]1c2ccccc2C[C@@]1(C(=O)O)C(=O)OCc1ccccc1. The highest BCUT2D eigenvalue weighted by atomic mass is 16.5. The van der Waals surface area contributed by atoms with Crippen molar-refractivity contribution in [3.63, 3.8) is 0 Å². The molecule has 5 nitrogen and oxygen atoms in total. The molecule has 0 heterocycles. The Labute approximate surface area is 133 Å². The van der Waals surface area contributed by atoms with Crippen molar-refractivity contribution in [3.8, 4) is 0 Å². The minimum absolute atomic E-state index is 0.0256. The van der Waals surface area contributed by atoms with E-state index in [2.05, 4.69) is 0 Å². The highest BCUT2D eigenvalue weighted by molar-refractivity contribution is 6.01. The Morgan fingerprint density at radius 1 is 1.13 bits per heavy atom. The lowest BCUT2D eigenvalue weighted by molar-refractivity contribution is -0.171. The van der Waals surface area contributed by atoms with Gasteiger partial charge in [-0.25, -0.2) is 0 Å². The van der Waals surface area contributed by atoms with Crippen molar-refractivity contribution < 1.29 is 19.4 Å². The molecule has 3 rings (SSSR count). The summed E-state index contributed by atoms with van der Waals surface area (Å²) in [5.74, 6) is -2.04. The normalized spacial score (nSPS) is 22.4. The summed E-state index contributed by atoms with van der Waals surface area (Å²) < 4.78 is 5.28. The van der Waals surface area contributed by atoms with Crippen LogP contribution in [0.25, 0.3) is 0 Å². The van der Waals surface area contributed by atoms with Crippen molar-refractivity contribution in [1.29, 1.82) is 0 Å². The van der Waals surface area contributed by atoms with Crippen LogP contribution in [0.1, 0.15) is 22.7 Å². The maximum absolute atomic E-state index is 12.6. The van der Waals surface area contributed by atoms with Gasteiger partial charge in [-0.05, 0) is 16.7 Å². The van der Waals surface area contributed by atoms with Crippen LogP contribution in [0.15, 0.2) is 54.6 Å². The maximum atomic E-state index is 12.6. The van der Waals surface area contributed by atoms with E-state index in [0.717, 1.165) is 11.1 Å². The molecule has 3 N–H and O–H groups in total. The van der Waals surface area contributed by atoms with Gasteiger partial charge in [-0.15, -0.1) is 0 Å². The molecule has 23 heavy (non-hydrogen) atoms. The molecule has 2 atom stereocenters. The fourth-order valence-corrected chi connectivity index (χ4v) is 3.02. The van der Waals surface area contributed by atoms with E-state index in [1.807, 2.05) is 30.3 Å². The monoisotopic (exact) mass is 311 g/mol. The molecule has 118 valence electrons. The molecule has 2 aromatic rings. The fraction of sp³-hybridized carbons (Fsp3) is 0.222. The standard InChI is InChI=1S/C18H17NO4/c19-15-14-9-5-4-8-13(14)10-18(15,16(20)21)17(22)23-11-12-6-2-1-3-7-12/h1-9,15H,10-11,19H2,(H,20,21)/t15-,18+/m0/s1. The van der Waals surface area contributed by atoms with E-state index in [-0.39, 0.29) is 13.0 Å². The molecule has 0 radical (unpaired) electrons. The van der Waals surface area contributed by atoms with E-state index in [1.165, 1.54) is 0 Å². The van der Waals surface area contributed by atoms with E-state index >= 15 is 0 Å². The zero-order valence-corrected chi connectivity index (χ0v) is 12.4. The average Bonchev–Trinajstić information content (AvgIpc) is 2.88. The molecule has 0 spiro atoms. The number of nitrogens with two attached hydrogens (primary N) is 1. The van der Waals surface area contributed by atoms with Crippen molar-refractivity contribution >= 4 is 11.9 Å². The maximum Gasteiger partial charge on any atom is 0.326 e. The molecule has 2 aromatic carbocycles. The number of fused-ring (bicyclic) bond motifs is 1. The Morgan fingerprint density at radius 3 is 2.43 bits per heavy atom. The Morgan fingerprint density at radius 2 is 1.78 bits per heavy atom. The third kappa shape index (κ3) is 2.49. The van der Waals surface area contributed by atoms with Gasteiger partial charge >= 0.3 is 11.9 Å². The second-order valence-corrected chi connectivity index (χ2v) is 5.69. The van der Waals surface area contributed by atoms with Gasteiger partial charge in [0.25, 0.3) is 0 Å². The number of benzene rings is 2. The first-order valence-corrected chi connectivity index (χ1v) is 7.33. The molecule has 0 aromatic heterocycles. The molecule has 0 bridgehead atoms. The number of ether oxygens (including phenoxy) is 1. The van der Waals surface area contributed by atoms with Crippen molar-refractivity contribution in [3.05, 3.63) is 71.3 Å². The molecule has 5 heteroatoms. The topological polar surface area (TPSA) is 89.6 Å². The zero-order valence-electron chi connectivity index (χ0n) is 12.4. The third-order valence-corrected chi connectivity index (χ3v) is 4.35. The highest BCUT2D eigenvalue weighted by Gasteiger charge is 2.57. The number of carboxylic acids is 1. The summed E-state index contributed by atoms with van der Waals surface area (Å²) in [6.45, 7) is 0.0256. The molecule has 0 saturated carbocycles. The van der Waals surface area contributed by atoms with Crippen LogP contribution in [0.5, 0.6) is 0 Å². The van der Waals surface area contributed by atoms with Crippen molar-refractivity contribution in [2.24, 2.45) is 11.1 Å². The Bertz CT molecular complexity index is 744. The van der Waals surface area contributed by atoms with E-state index in [0.29, 0.717) is 5.56 Å². The predicted octanol–water partition coefficient (Wildman–Crippen LogP) is 2.06. The van der Waals surface area contributed by atoms with Gasteiger partial charge in [-0.1, -0.05) is 54.6 Å². The number of esters is 1. The highest BCUT2D eigenvalue weighted by Crippen LogP contribution is 2.45. The fourth-order valence-electron chi connectivity index (χ4n) is 3.02. The van der Waals surface area contributed by atoms with Crippen LogP contribution in [0.3, 0.4) is 0 Å². The van der Waals surface area contributed by atoms with E-state index in [1.54, 1.807) is 24.3 Å². The molecule has 0 saturated heterocycles. The van der Waals surface area contributed by atoms with Crippen molar-refractivity contribution in [1.82, 2.24) is 0 Å². The largest absolute Gasteiger partial charge is 0.480 e. The van der Waals surface area contributed by atoms with Crippen molar-refractivity contribution in [2.45, 2.75) is 19.1 Å². The van der Waals surface area contributed by atoms with E-state index in [9.17, 15) is 14.7 Å². The van der Waals surface area contributed by atoms with Gasteiger partial charge in [0.2, 0.25) is 0 Å². The van der Waals surface area contributed by atoms with E-state index in [4.69, 9.17) is 10.5 Å². The van der Waals surface area contributed by atoms with Crippen LogP contribution in [0, 0.1) is 5.41 Å². The molecular formula is C18H17NO4. The number of carboxylic acid groups (broad SMARTS) is 1. The number of hydrogen-bond acceptors (Lipinski definition) is 4. The van der Waals surface area contributed by atoms with Crippen LogP contribution in [0.2, 0.25) is 0 Å². The van der Waals surface area contributed by atoms with E-state index < -0.39 is 23.4 Å². The predicted molar refractivity (Wildman–Crippen MR) is 83.4 cm³/mol. The second-order valence-electron chi connectivity index (χ2n) is 5.69. The molecule has 1 aliphatic rings. The Hall–Kier alpha value is -2.66. The van der Waals surface area contributed by atoms with Gasteiger partial charge in [0, 0.05) is 6.42 Å². The van der Waals surface area contributed by atoms with Gasteiger partial charge in [0.15, 0.2) is 5.41 Å². The Kier molecular flexibility index (Phi) is 3.88. The van der Waals surface area contributed by atoms with Gasteiger partial charge < -0.3 is 15.6 Å². The van der Waals surface area contributed by atoms with Gasteiger partial charge in [0.1, 0.15) is 6.61 Å². The molecule has 1 aliphatic carbocycles. The summed E-state index contributed by atoms with van der Waals surface area (Å²) in [7, 11) is 0.